The molecule has 2 saturated heterocycles. The van der Waals surface area contributed by atoms with Crippen LogP contribution in [-0.4, -0.2) is 70.1 Å². The Morgan fingerprint density at radius 1 is 1.16 bits per heavy atom. The van der Waals surface area contributed by atoms with Crippen LogP contribution in [0.2, 0.25) is 0 Å². The molecule has 0 aliphatic carbocycles. The van der Waals surface area contributed by atoms with Crippen molar-refractivity contribution in [2.24, 2.45) is 0 Å². The Morgan fingerprint density at radius 3 is 2.50 bits per heavy atom. The third-order valence-corrected chi connectivity index (χ3v) is 6.60. The number of carbonyl (C=O) groups excluding carboxylic acids is 2. The molecule has 3 heterocycles. The van der Waals surface area contributed by atoms with Crippen molar-refractivity contribution < 1.29 is 9.59 Å². The fraction of sp³-hybridized carbons (Fsp3) is 0.560. The van der Waals surface area contributed by atoms with Crippen LogP contribution in [0.4, 0.5) is 0 Å². The van der Waals surface area contributed by atoms with E-state index in [-0.39, 0.29) is 11.8 Å². The lowest BCUT2D eigenvalue weighted by atomic mass is 9.97. The Morgan fingerprint density at radius 2 is 1.84 bits per heavy atom. The van der Waals surface area contributed by atoms with E-state index in [1.807, 2.05) is 11.8 Å². The Kier molecular flexibility index (Phi) is 8.29. The van der Waals surface area contributed by atoms with Gasteiger partial charge < -0.3 is 15.1 Å². The molecule has 2 amide bonds. The standard InChI is InChI=1S/C23H33N5O2.C2H2/c1-16-12-18(13-19-15-24-26-22(16)19)14-21(25-17(2)29)23(30)28-10-6-20(7-11-28)27-8-4-3-5-9-27;1-2/h12-13,15,20-21H,3-11,14H2,1-2H3,(H,24,26)(H,25,29);1-2H/t21-;/m1./s1. The van der Waals surface area contributed by atoms with E-state index in [1.165, 1.54) is 39.3 Å². The van der Waals surface area contributed by atoms with Gasteiger partial charge in [0, 0.05) is 37.9 Å². The SMILES string of the molecule is C#C.CC(=O)N[C@H](Cc1cc(C)c2[nH]ncc2c1)C(=O)N1CCC(N2CCCCC2)CC1. The number of H-pyrrole nitrogens is 1. The van der Waals surface area contributed by atoms with E-state index in [4.69, 9.17) is 0 Å². The summed E-state index contributed by atoms with van der Waals surface area (Å²) in [6.45, 7) is 7.45. The van der Waals surface area contributed by atoms with E-state index in [0.717, 1.165) is 48.0 Å². The summed E-state index contributed by atoms with van der Waals surface area (Å²) in [5.41, 5.74) is 3.15. The van der Waals surface area contributed by atoms with Gasteiger partial charge in [0.15, 0.2) is 0 Å². The smallest absolute Gasteiger partial charge is 0.245 e. The van der Waals surface area contributed by atoms with Gasteiger partial charge in [0.1, 0.15) is 6.04 Å². The first-order chi connectivity index (χ1) is 15.5. The van der Waals surface area contributed by atoms with Gasteiger partial charge in [-0.05, 0) is 62.9 Å². The maximum Gasteiger partial charge on any atom is 0.245 e. The first-order valence-corrected chi connectivity index (χ1v) is 11.6. The number of nitrogens with one attached hydrogen (secondary N) is 2. The number of likely N-dealkylation sites (tertiary alicyclic amines) is 2. The van der Waals surface area contributed by atoms with Crippen LogP contribution in [0.15, 0.2) is 18.3 Å². The minimum atomic E-state index is -0.530. The number of piperidine rings is 2. The number of aromatic amines is 1. The van der Waals surface area contributed by atoms with Crippen LogP contribution in [0.1, 0.15) is 50.2 Å². The molecule has 1 aromatic carbocycles. The second kappa shape index (κ2) is 11.1. The van der Waals surface area contributed by atoms with Gasteiger partial charge in [-0.25, -0.2) is 0 Å². The summed E-state index contributed by atoms with van der Waals surface area (Å²) >= 11 is 0. The first kappa shape index (κ1) is 23.8. The van der Waals surface area contributed by atoms with Gasteiger partial charge in [-0.3, -0.25) is 14.7 Å². The molecule has 0 unspecified atom stereocenters. The molecule has 2 aliphatic heterocycles. The van der Waals surface area contributed by atoms with E-state index < -0.39 is 6.04 Å². The summed E-state index contributed by atoms with van der Waals surface area (Å²) in [5, 5.41) is 11.0. The molecule has 172 valence electrons. The van der Waals surface area contributed by atoms with Crippen LogP contribution in [0.25, 0.3) is 10.9 Å². The Hall–Kier alpha value is -2.85. The molecular formula is C25H35N5O2. The number of aryl methyl sites for hydroxylation is 1. The molecule has 0 saturated carbocycles. The number of amides is 2. The number of carbonyl (C=O) groups is 2. The number of benzene rings is 1. The van der Waals surface area contributed by atoms with Crippen LogP contribution in [0.3, 0.4) is 0 Å². The lowest BCUT2D eigenvalue weighted by molar-refractivity contribution is -0.137. The number of hydrogen-bond acceptors (Lipinski definition) is 4. The minimum absolute atomic E-state index is 0.0345. The van der Waals surface area contributed by atoms with Crippen molar-refractivity contribution in [3.8, 4) is 12.8 Å². The third-order valence-electron chi connectivity index (χ3n) is 6.60. The molecule has 32 heavy (non-hydrogen) atoms. The topological polar surface area (TPSA) is 81.3 Å². The van der Waals surface area contributed by atoms with Gasteiger partial charge in [0.25, 0.3) is 0 Å². The molecule has 4 rings (SSSR count). The number of fused-ring (bicyclic) bond motifs is 1. The van der Waals surface area contributed by atoms with Crippen LogP contribution in [-0.2, 0) is 16.0 Å². The minimum Gasteiger partial charge on any atom is -0.344 e. The first-order valence-electron chi connectivity index (χ1n) is 11.6. The molecule has 2 N–H and O–H groups in total. The van der Waals surface area contributed by atoms with Crippen LogP contribution in [0, 0.1) is 19.8 Å². The summed E-state index contributed by atoms with van der Waals surface area (Å²) in [6, 6.07) is 4.19. The molecule has 7 heteroatoms. The molecule has 1 aromatic heterocycles. The maximum atomic E-state index is 13.3. The van der Waals surface area contributed by atoms with E-state index in [9.17, 15) is 9.59 Å². The van der Waals surface area contributed by atoms with Gasteiger partial charge in [0.2, 0.25) is 11.8 Å². The van der Waals surface area contributed by atoms with Crippen molar-refractivity contribution >= 4 is 22.7 Å². The highest BCUT2D eigenvalue weighted by molar-refractivity contribution is 5.88. The highest BCUT2D eigenvalue weighted by Crippen LogP contribution is 2.23. The van der Waals surface area contributed by atoms with Gasteiger partial charge in [-0.1, -0.05) is 12.5 Å². The van der Waals surface area contributed by atoms with Crippen LogP contribution >= 0.6 is 0 Å². The van der Waals surface area contributed by atoms with E-state index in [2.05, 4.69) is 45.4 Å². The molecule has 2 fully saturated rings. The Balaban J connectivity index is 0.00000141. The largest absolute Gasteiger partial charge is 0.344 e. The van der Waals surface area contributed by atoms with E-state index in [1.54, 1.807) is 6.20 Å². The quantitative estimate of drug-likeness (QED) is 0.705. The molecule has 7 nitrogen and oxygen atoms in total. The van der Waals surface area contributed by atoms with Crippen molar-refractivity contribution in [1.82, 2.24) is 25.3 Å². The number of rotatable bonds is 5. The second-order valence-electron chi connectivity index (χ2n) is 8.86. The average molecular weight is 438 g/mol. The predicted octanol–water partition coefficient (Wildman–Crippen LogP) is 2.64. The van der Waals surface area contributed by atoms with Gasteiger partial charge in [0.05, 0.1) is 11.7 Å². The summed E-state index contributed by atoms with van der Waals surface area (Å²) in [7, 11) is 0. The molecule has 0 radical (unpaired) electrons. The molecule has 0 bridgehead atoms. The van der Waals surface area contributed by atoms with Crippen molar-refractivity contribution in [2.75, 3.05) is 26.2 Å². The molecule has 2 aromatic rings. The number of terminal acetylenes is 1. The van der Waals surface area contributed by atoms with Crippen LogP contribution in [0.5, 0.6) is 0 Å². The van der Waals surface area contributed by atoms with E-state index in [0.29, 0.717) is 12.5 Å². The molecular weight excluding hydrogens is 402 g/mol. The van der Waals surface area contributed by atoms with Gasteiger partial charge >= 0.3 is 0 Å². The van der Waals surface area contributed by atoms with E-state index >= 15 is 0 Å². The molecule has 1 atom stereocenters. The normalized spacial score (nSPS) is 18.6. The second-order valence-corrected chi connectivity index (χ2v) is 8.86. The fourth-order valence-electron chi connectivity index (χ4n) is 5.07. The summed E-state index contributed by atoms with van der Waals surface area (Å²) < 4.78 is 0. The van der Waals surface area contributed by atoms with Gasteiger partial charge in [-0.2, -0.15) is 5.10 Å². The summed E-state index contributed by atoms with van der Waals surface area (Å²) in [4.78, 5) is 29.7. The Labute approximate surface area is 190 Å². The fourth-order valence-corrected chi connectivity index (χ4v) is 5.07. The number of hydrogen-bond donors (Lipinski definition) is 2. The monoisotopic (exact) mass is 437 g/mol. The summed E-state index contributed by atoms with van der Waals surface area (Å²) in [6.07, 6.45) is 16.3. The third kappa shape index (κ3) is 5.68. The zero-order valence-electron chi connectivity index (χ0n) is 19.3. The van der Waals surface area contributed by atoms with Crippen molar-refractivity contribution in [3.05, 3.63) is 29.5 Å². The number of aromatic nitrogens is 2. The van der Waals surface area contributed by atoms with Crippen molar-refractivity contribution in [3.63, 3.8) is 0 Å². The van der Waals surface area contributed by atoms with Crippen molar-refractivity contribution in [2.45, 2.75) is 64.5 Å². The van der Waals surface area contributed by atoms with Crippen LogP contribution < -0.4 is 5.32 Å². The zero-order chi connectivity index (χ0) is 23.1. The zero-order valence-corrected chi connectivity index (χ0v) is 19.3. The lowest BCUT2D eigenvalue weighted by Crippen LogP contribution is -2.54. The molecule has 2 aliphatic rings. The van der Waals surface area contributed by atoms with Crippen molar-refractivity contribution in [1.29, 1.82) is 0 Å². The Bertz CT molecular complexity index is 936. The maximum absolute atomic E-state index is 13.3. The average Bonchev–Trinajstić information content (AvgIpc) is 3.29. The predicted molar refractivity (Wildman–Crippen MR) is 127 cm³/mol. The summed E-state index contributed by atoms with van der Waals surface area (Å²) in [5.74, 6) is -0.134. The van der Waals surface area contributed by atoms with Gasteiger partial charge in [-0.15, -0.1) is 12.8 Å². The highest BCUT2D eigenvalue weighted by Gasteiger charge is 2.31. The molecule has 0 spiro atoms. The number of nitrogens with zero attached hydrogens (tertiary/aromatic N) is 3. The lowest BCUT2D eigenvalue weighted by Gasteiger charge is -2.41. The highest BCUT2D eigenvalue weighted by atomic mass is 16.2.